The number of alkyl halides is 3. The highest BCUT2D eigenvalue weighted by molar-refractivity contribution is 6.35. The van der Waals surface area contributed by atoms with Gasteiger partial charge in [-0.05, 0) is 18.5 Å². The van der Waals surface area contributed by atoms with Crippen LogP contribution in [0.15, 0.2) is 0 Å². The molecule has 2 aromatic rings. The van der Waals surface area contributed by atoms with Crippen LogP contribution in [-0.2, 0) is 11.3 Å². The molecule has 0 spiro atoms. The summed E-state index contributed by atoms with van der Waals surface area (Å²) in [5.74, 6) is 0. The molecule has 0 aliphatic carbocycles. The van der Waals surface area contributed by atoms with Crippen molar-refractivity contribution in [3.05, 3.63) is 16.1 Å². The van der Waals surface area contributed by atoms with E-state index in [0.29, 0.717) is 16.7 Å². The molecule has 110 valence electrons. The molecule has 0 N–H and O–H groups in total. The molecular formula is C10H9Cl2F3N4O. The number of aryl methyl sites for hydroxylation is 1. The number of hydrogen-bond donors (Lipinski definition) is 0. The fraction of sp³-hybridized carbons (Fsp3) is 0.500. The number of halogens is 5. The zero-order valence-electron chi connectivity index (χ0n) is 10.2. The van der Waals surface area contributed by atoms with Crippen LogP contribution in [0.4, 0.5) is 13.2 Å². The van der Waals surface area contributed by atoms with E-state index < -0.39 is 12.8 Å². The second-order valence-corrected chi connectivity index (χ2v) is 4.65. The Hall–Kier alpha value is -1.12. The van der Waals surface area contributed by atoms with Crippen molar-refractivity contribution >= 4 is 34.2 Å². The summed E-state index contributed by atoms with van der Waals surface area (Å²) in [4.78, 5) is 7.77. The first-order chi connectivity index (χ1) is 9.28. The molecule has 0 amide bonds. The Morgan fingerprint density at radius 3 is 2.60 bits per heavy atom. The lowest BCUT2D eigenvalue weighted by atomic mass is 10.4. The molecule has 2 rings (SSSR count). The van der Waals surface area contributed by atoms with Gasteiger partial charge in [-0.2, -0.15) is 18.3 Å². The maximum absolute atomic E-state index is 11.9. The Labute approximate surface area is 121 Å². The number of hydrogen-bond acceptors (Lipinski definition) is 4. The lowest BCUT2D eigenvalue weighted by Crippen LogP contribution is -2.19. The van der Waals surface area contributed by atoms with Gasteiger partial charge in [0.05, 0.1) is 18.8 Å². The van der Waals surface area contributed by atoms with Crippen molar-refractivity contribution in [2.24, 2.45) is 0 Å². The first kappa shape index (κ1) is 15.3. The summed E-state index contributed by atoms with van der Waals surface area (Å²) in [5.41, 5.74) is 1.44. The van der Waals surface area contributed by atoms with Crippen LogP contribution < -0.4 is 0 Å². The molecule has 0 unspecified atom stereocenters. The highest BCUT2D eigenvalue weighted by Crippen LogP contribution is 2.24. The van der Waals surface area contributed by atoms with Crippen molar-refractivity contribution in [3.8, 4) is 0 Å². The van der Waals surface area contributed by atoms with Crippen LogP contribution in [0, 0.1) is 6.92 Å². The van der Waals surface area contributed by atoms with Gasteiger partial charge in [-0.25, -0.2) is 9.97 Å². The van der Waals surface area contributed by atoms with Crippen LogP contribution >= 0.6 is 23.2 Å². The summed E-state index contributed by atoms with van der Waals surface area (Å²) < 4.78 is 41.8. The minimum Gasteiger partial charge on any atom is -0.370 e. The second-order valence-electron chi connectivity index (χ2n) is 3.96. The maximum Gasteiger partial charge on any atom is 0.411 e. The first-order valence-electron chi connectivity index (χ1n) is 5.48. The molecular weight excluding hydrogens is 320 g/mol. The molecule has 10 heteroatoms. The van der Waals surface area contributed by atoms with Crippen LogP contribution in [-0.4, -0.2) is 39.1 Å². The summed E-state index contributed by atoms with van der Waals surface area (Å²) in [6.45, 7) is 0.329. The number of nitrogens with zero attached hydrogens (tertiary/aromatic N) is 4. The van der Waals surface area contributed by atoms with E-state index in [4.69, 9.17) is 23.2 Å². The van der Waals surface area contributed by atoms with Gasteiger partial charge in [0.15, 0.2) is 5.15 Å². The predicted octanol–water partition coefficient (Wildman–Crippen LogP) is 3.02. The standard InChI is InChI=1S/C10H9Cl2F3N4O/c1-5-6-7(8(11)17-9(12)16-6)19(18-5)2-3-20-4-10(13,14)15/h2-4H2,1H3. The van der Waals surface area contributed by atoms with Crippen LogP contribution in [0.25, 0.3) is 11.0 Å². The molecule has 0 bridgehead atoms. The normalized spacial score (nSPS) is 12.3. The van der Waals surface area contributed by atoms with E-state index in [-0.39, 0.29) is 23.6 Å². The van der Waals surface area contributed by atoms with Crippen LogP contribution in [0.1, 0.15) is 5.69 Å². The second kappa shape index (κ2) is 5.71. The fourth-order valence-electron chi connectivity index (χ4n) is 1.66. The van der Waals surface area contributed by atoms with E-state index in [1.807, 2.05) is 0 Å². The third kappa shape index (κ3) is 3.50. The van der Waals surface area contributed by atoms with Crippen LogP contribution in [0.3, 0.4) is 0 Å². The monoisotopic (exact) mass is 328 g/mol. The highest BCUT2D eigenvalue weighted by Gasteiger charge is 2.27. The third-order valence-electron chi connectivity index (χ3n) is 2.40. The van der Waals surface area contributed by atoms with E-state index in [2.05, 4.69) is 19.8 Å². The Balaban J connectivity index is 2.15. The number of ether oxygens (including phenoxy) is 1. The average molecular weight is 329 g/mol. The van der Waals surface area contributed by atoms with Gasteiger partial charge in [0.1, 0.15) is 17.6 Å². The van der Waals surface area contributed by atoms with Crippen molar-refractivity contribution in [3.63, 3.8) is 0 Å². The van der Waals surface area contributed by atoms with Crippen molar-refractivity contribution in [1.29, 1.82) is 0 Å². The molecule has 0 aromatic carbocycles. The third-order valence-corrected chi connectivity index (χ3v) is 2.83. The quantitative estimate of drug-likeness (QED) is 0.492. The van der Waals surface area contributed by atoms with E-state index >= 15 is 0 Å². The van der Waals surface area contributed by atoms with Crippen molar-refractivity contribution < 1.29 is 17.9 Å². The van der Waals surface area contributed by atoms with Gasteiger partial charge in [0.2, 0.25) is 5.28 Å². The molecule has 2 heterocycles. The minimum absolute atomic E-state index is 0.0153. The number of fused-ring (bicyclic) bond motifs is 1. The summed E-state index contributed by atoms with van der Waals surface area (Å²) in [5, 5.41) is 4.21. The Kier molecular flexibility index (Phi) is 4.36. The summed E-state index contributed by atoms with van der Waals surface area (Å²) in [6.07, 6.45) is -4.35. The van der Waals surface area contributed by atoms with Gasteiger partial charge in [-0.1, -0.05) is 11.6 Å². The minimum atomic E-state index is -4.35. The fourth-order valence-corrected chi connectivity index (χ4v) is 2.14. The molecule has 0 atom stereocenters. The zero-order valence-corrected chi connectivity index (χ0v) is 11.7. The Morgan fingerprint density at radius 2 is 1.95 bits per heavy atom. The van der Waals surface area contributed by atoms with E-state index in [9.17, 15) is 13.2 Å². The number of rotatable bonds is 4. The van der Waals surface area contributed by atoms with Gasteiger partial charge < -0.3 is 4.74 Å². The van der Waals surface area contributed by atoms with Crippen molar-refractivity contribution in [2.45, 2.75) is 19.6 Å². The molecule has 20 heavy (non-hydrogen) atoms. The average Bonchev–Trinajstić information content (AvgIpc) is 2.61. The zero-order chi connectivity index (χ0) is 14.9. The SMILES string of the molecule is Cc1nn(CCOCC(F)(F)F)c2c(Cl)nc(Cl)nc12. The Bertz CT molecular complexity index is 629. The topological polar surface area (TPSA) is 52.8 Å². The number of aromatic nitrogens is 4. The van der Waals surface area contributed by atoms with Crippen molar-refractivity contribution in [1.82, 2.24) is 19.7 Å². The van der Waals surface area contributed by atoms with E-state index in [0.717, 1.165) is 0 Å². The van der Waals surface area contributed by atoms with Gasteiger partial charge >= 0.3 is 6.18 Å². The van der Waals surface area contributed by atoms with Gasteiger partial charge in [-0.3, -0.25) is 4.68 Å². The first-order valence-corrected chi connectivity index (χ1v) is 6.24. The summed E-state index contributed by atoms with van der Waals surface area (Å²) in [6, 6.07) is 0. The van der Waals surface area contributed by atoms with Crippen molar-refractivity contribution in [2.75, 3.05) is 13.2 Å². The highest BCUT2D eigenvalue weighted by atomic mass is 35.5. The lowest BCUT2D eigenvalue weighted by molar-refractivity contribution is -0.174. The Morgan fingerprint density at radius 1 is 1.25 bits per heavy atom. The molecule has 0 fully saturated rings. The molecule has 0 radical (unpaired) electrons. The molecule has 0 aliphatic rings. The maximum atomic E-state index is 11.9. The summed E-state index contributed by atoms with van der Waals surface area (Å²) >= 11 is 11.6. The molecule has 2 aromatic heterocycles. The van der Waals surface area contributed by atoms with Gasteiger partial charge in [-0.15, -0.1) is 0 Å². The van der Waals surface area contributed by atoms with E-state index in [1.165, 1.54) is 4.68 Å². The lowest BCUT2D eigenvalue weighted by Gasteiger charge is -2.08. The largest absolute Gasteiger partial charge is 0.411 e. The van der Waals surface area contributed by atoms with E-state index in [1.54, 1.807) is 6.92 Å². The van der Waals surface area contributed by atoms with Gasteiger partial charge in [0, 0.05) is 0 Å². The van der Waals surface area contributed by atoms with Gasteiger partial charge in [0.25, 0.3) is 0 Å². The molecule has 0 aliphatic heterocycles. The smallest absolute Gasteiger partial charge is 0.370 e. The summed E-state index contributed by atoms with van der Waals surface area (Å²) in [7, 11) is 0. The molecule has 5 nitrogen and oxygen atoms in total. The molecule has 0 saturated heterocycles. The van der Waals surface area contributed by atoms with Crippen LogP contribution in [0.2, 0.25) is 10.4 Å². The molecule has 0 saturated carbocycles. The van der Waals surface area contributed by atoms with Crippen LogP contribution in [0.5, 0.6) is 0 Å². The predicted molar refractivity (Wildman–Crippen MR) is 67.0 cm³/mol.